The largest absolute Gasteiger partial charge is 0.461 e. The van der Waals surface area contributed by atoms with Crippen LogP contribution in [0.5, 0.6) is 0 Å². The van der Waals surface area contributed by atoms with Crippen molar-refractivity contribution in [1.82, 2.24) is 24.7 Å². The maximum Gasteiger partial charge on any atom is 0.219 e. The van der Waals surface area contributed by atoms with Gasteiger partial charge >= 0.3 is 0 Å². The molecule has 0 fully saturated rings. The summed E-state index contributed by atoms with van der Waals surface area (Å²) in [4.78, 5) is 0. The lowest BCUT2D eigenvalue weighted by molar-refractivity contribution is 0.573. The maximum absolute atomic E-state index is 13.1. The van der Waals surface area contributed by atoms with Gasteiger partial charge in [0.15, 0.2) is 5.76 Å². The summed E-state index contributed by atoms with van der Waals surface area (Å²) < 4.78 is 21.7. The number of aromatic nitrogens is 5. The second-order valence-corrected chi connectivity index (χ2v) is 6.31. The van der Waals surface area contributed by atoms with E-state index in [0.29, 0.717) is 38.5 Å². The number of nitrogens with one attached hydrogen (secondary N) is 1. The molecular weight excluding hydrogens is 391 g/mol. The number of H-pyrrole nitrogens is 1. The first-order valence-electron chi connectivity index (χ1n) is 7.81. The molecule has 0 amide bonds. The Morgan fingerprint density at radius 1 is 1.30 bits per heavy atom. The van der Waals surface area contributed by atoms with Gasteiger partial charge in [-0.15, -0.1) is 5.10 Å². The molecule has 0 aliphatic carbocycles. The highest BCUT2D eigenvalue weighted by molar-refractivity contribution is 7.71. The lowest BCUT2D eigenvalue weighted by Gasteiger charge is -2.02. The molecule has 4 rings (SSSR count). The molecule has 0 aliphatic heterocycles. The second kappa shape index (κ2) is 6.93. The van der Waals surface area contributed by atoms with E-state index in [1.54, 1.807) is 37.4 Å². The third-order valence-electron chi connectivity index (χ3n) is 3.81. The van der Waals surface area contributed by atoms with E-state index in [0.717, 1.165) is 0 Å². The van der Waals surface area contributed by atoms with E-state index in [4.69, 9.17) is 28.2 Å². The highest BCUT2D eigenvalue weighted by Gasteiger charge is 2.15. The minimum Gasteiger partial charge on any atom is -0.461 e. The summed E-state index contributed by atoms with van der Waals surface area (Å²) in [6.45, 7) is 1.80. The van der Waals surface area contributed by atoms with Gasteiger partial charge < -0.3 is 4.42 Å². The zero-order chi connectivity index (χ0) is 19.0. The molecule has 10 heteroatoms. The first-order chi connectivity index (χ1) is 13.0. The van der Waals surface area contributed by atoms with Crippen molar-refractivity contribution in [2.75, 3.05) is 0 Å². The standard InChI is InChI=1S/C17H12ClFN6OS/c1-10-13(15(18)24(23-10)12-6-4-11(19)5-7-12)9-20-25-16(21-22-17(25)27)14-3-2-8-26-14/h2-9H,1H3,(H,22,27)/b20-9+. The Bertz CT molecular complexity index is 1170. The monoisotopic (exact) mass is 402 g/mol. The average Bonchev–Trinajstić information content (AvgIpc) is 3.36. The van der Waals surface area contributed by atoms with Crippen LogP contribution >= 0.6 is 23.8 Å². The summed E-state index contributed by atoms with van der Waals surface area (Å²) in [6.07, 6.45) is 3.08. The smallest absolute Gasteiger partial charge is 0.219 e. The first-order valence-corrected chi connectivity index (χ1v) is 8.60. The number of hydrogen-bond acceptors (Lipinski definition) is 5. The second-order valence-electron chi connectivity index (χ2n) is 5.56. The zero-order valence-corrected chi connectivity index (χ0v) is 15.5. The fourth-order valence-electron chi connectivity index (χ4n) is 2.49. The molecule has 0 bridgehead atoms. The third kappa shape index (κ3) is 3.22. The molecule has 1 N–H and O–H groups in total. The summed E-state index contributed by atoms with van der Waals surface area (Å²) in [5, 5.41) is 15.9. The molecule has 136 valence electrons. The number of aryl methyl sites for hydroxylation is 1. The summed E-state index contributed by atoms with van der Waals surface area (Å²) in [5.41, 5.74) is 1.90. The minimum atomic E-state index is -0.333. The number of nitrogens with zero attached hydrogens (tertiary/aromatic N) is 5. The van der Waals surface area contributed by atoms with Crippen molar-refractivity contribution in [2.24, 2.45) is 5.10 Å². The van der Waals surface area contributed by atoms with E-state index in [2.05, 4.69) is 20.4 Å². The molecule has 0 saturated heterocycles. The van der Waals surface area contributed by atoms with Gasteiger partial charge in [-0.05, 0) is 55.5 Å². The van der Waals surface area contributed by atoms with Crippen LogP contribution in [0.15, 0.2) is 52.2 Å². The Labute approximate surface area is 162 Å². The topological polar surface area (TPSA) is 76.9 Å². The fourth-order valence-corrected chi connectivity index (χ4v) is 2.99. The predicted molar refractivity (Wildman–Crippen MR) is 101 cm³/mol. The molecule has 0 radical (unpaired) electrons. The minimum absolute atomic E-state index is 0.303. The van der Waals surface area contributed by atoms with Crippen LogP contribution in [0.3, 0.4) is 0 Å². The molecule has 4 aromatic rings. The van der Waals surface area contributed by atoms with Crippen molar-refractivity contribution in [3.05, 3.63) is 69.7 Å². The van der Waals surface area contributed by atoms with Crippen molar-refractivity contribution in [3.8, 4) is 17.3 Å². The number of furan rings is 1. The summed E-state index contributed by atoms with van der Waals surface area (Å²) in [5.74, 6) is 0.616. The molecule has 7 nitrogen and oxygen atoms in total. The van der Waals surface area contributed by atoms with E-state index >= 15 is 0 Å². The van der Waals surface area contributed by atoms with Crippen LogP contribution in [0.25, 0.3) is 17.3 Å². The summed E-state index contributed by atoms with van der Waals surface area (Å²) in [7, 11) is 0. The number of rotatable bonds is 4. The van der Waals surface area contributed by atoms with Gasteiger partial charge in [-0.3, -0.25) is 0 Å². The number of hydrogen-bond donors (Lipinski definition) is 1. The van der Waals surface area contributed by atoms with E-state index in [-0.39, 0.29) is 5.82 Å². The Morgan fingerprint density at radius 2 is 2.07 bits per heavy atom. The Morgan fingerprint density at radius 3 is 2.78 bits per heavy atom. The lowest BCUT2D eigenvalue weighted by atomic mass is 10.3. The Hall–Kier alpha value is -3.04. The van der Waals surface area contributed by atoms with Crippen molar-refractivity contribution in [2.45, 2.75) is 6.92 Å². The van der Waals surface area contributed by atoms with Crippen LogP contribution in [0, 0.1) is 17.5 Å². The van der Waals surface area contributed by atoms with Crippen LogP contribution in [0.2, 0.25) is 5.15 Å². The highest BCUT2D eigenvalue weighted by Crippen LogP contribution is 2.23. The van der Waals surface area contributed by atoms with Crippen LogP contribution in [0.1, 0.15) is 11.3 Å². The van der Waals surface area contributed by atoms with Gasteiger partial charge in [-0.2, -0.15) is 14.9 Å². The van der Waals surface area contributed by atoms with Gasteiger partial charge in [-0.25, -0.2) is 14.2 Å². The van der Waals surface area contributed by atoms with Crippen molar-refractivity contribution in [1.29, 1.82) is 0 Å². The Balaban J connectivity index is 1.73. The van der Waals surface area contributed by atoms with Gasteiger partial charge in [0.25, 0.3) is 0 Å². The maximum atomic E-state index is 13.1. The summed E-state index contributed by atoms with van der Waals surface area (Å²) >= 11 is 11.7. The molecule has 0 unspecified atom stereocenters. The van der Waals surface area contributed by atoms with E-state index in [9.17, 15) is 4.39 Å². The van der Waals surface area contributed by atoms with Crippen molar-refractivity contribution >= 4 is 30.0 Å². The van der Waals surface area contributed by atoms with E-state index in [1.165, 1.54) is 27.8 Å². The normalized spacial score (nSPS) is 11.5. The van der Waals surface area contributed by atoms with Gasteiger partial charge in [0, 0.05) is 0 Å². The van der Waals surface area contributed by atoms with Crippen LogP contribution < -0.4 is 0 Å². The molecular formula is C17H12ClFN6OS. The van der Waals surface area contributed by atoms with Crippen LogP contribution in [-0.2, 0) is 0 Å². The number of aromatic amines is 1. The number of halogens is 2. The van der Waals surface area contributed by atoms with Crippen molar-refractivity contribution < 1.29 is 8.81 Å². The molecule has 0 spiro atoms. The SMILES string of the molecule is Cc1nn(-c2ccc(F)cc2)c(Cl)c1/C=N/n1c(-c2ccco2)n[nH]c1=S. The molecule has 0 atom stereocenters. The number of benzene rings is 1. The zero-order valence-electron chi connectivity index (χ0n) is 13.9. The van der Waals surface area contributed by atoms with Gasteiger partial charge in [0.2, 0.25) is 10.6 Å². The molecule has 0 saturated carbocycles. The molecule has 1 aromatic carbocycles. The van der Waals surface area contributed by atoms with Crippen LogP contribution in [0.4, 0.5) is 4.39 Å². The first kappa shape index (κ1) is 17.4. The quantitative estimate of drug-likeness (QED) is 0.406. The highest BCUT2D eigenvalue weighted by atomic mass is 35.5. The average molecular weight is 403 g/mol. The molecule has 0 aliphatic rings. The van der Waals surface area contributed by atoms with Crippen LogP contribution in [-0.4, -0.2) is 30.9 Å². The third-order valence-corrected chi connectivity index (χ3v) is 4.44. The van der Waals surface area contributed by atoms with Gasteiger partial charge in [0.1, 0.15) is 11.0 Å². The Kier molecular flexibility index (Phi) is 4.46. The molecule has 27 heavy (non-hydrogen) atoms. The van der Waals surface area contributed by atoms with Crippen molar-refractivity contribution in [3.63, 3.8) is 0 Å². The predicted octanol–water partition coefficient (Wildman–Crippen LogP) is 4.37. The van der Waals surface area contributed by atoms with E-state index < -0.39 is 0 Å². The van der Waals surface area contributed by atoms with Gasteiger partial charge in [-0.1, -0.05) is 11.6 Å². The van der Waals surface area contributed by atoms with E-state index in [1.807, 2.05) is 0 Å². The summed E-state index contributed by atoms with van der Waals surface area (Å²) in [6, 6.07) is 9.37. The van der Waals surface area contributed by atoms with Gasteiger partial charge in [0.05, 0.1) is 29.4 Å². The molecule has 3 aromatic heterocycles. The lowest BCUT2D eigenvalue weighted by Crippen LogP contribution is -1.97. The fraction of sp³-hybridized carbons (Fsp3) is 0.0588. The molecule has 3 heterocycles.